The van der Waals surface area contributed by atoms with Crippen molar-refractivity contribution in [1.29, 1.82) is 0 Å². The van der Waals surface area contributed by atoms with Gasteiger partial charge in [-0.05, 0) is 31.7 Å². The molecule has 1 aromatic carbocycles. The van der Waals surface area contributed by atoms with Gasteiger partial charge in [0.25, 0.3) is 0 Å². The monoisotopic (exact) mass is 432 g/mol. The van der Waals surface area contributed by atoms with Crippen molar-refractivity contribution in [3.05, 3.63) is 47.6 Å². The highest BCUT2D eigenvalue weighted by Gasteiger charge is 2.38. The van der Waals surface area contributed by atoms with Gasteiger partial charge in [-0.3, -0.25) is 4.79 Å². The second kappa shape index (κ2) is 8.85. The molecule has 1 saturated heterocycles. The second-order valence-electron chi connectivity index (χ2n) is 8.14. The Kier molecular flexibility index (Phi) is 6.19. The van der Waals surface area contributed by atoms with Crippen LogP contribution in [0.25, 0.3) is 0 Å². The van der Waals surface area contributed by atoms with E-state index in [2.05, 4.69) is 10.1 Å². The lowest BCUT2D eigenvalue weighted by Crippen LogP contribution is -2.41. The smallest absolute Gasteiger partial charge is 0.249 e. The lowest BCUT2D eigenvalue weighted by atomic mass is 10.0. The predicted octanol–water partition coefficient (Wildman–Crippen LogP) is 2.67. The highest BCUT2D eigenvalue weighted by Crippen LogP contribution is 2.33. The van der Waals surface area contributed by atoms with E-state index in [1.165, 1.54) is 4.31 Å². The minimum absolute atomic E-state index is 0.00370. The number of amides is 1. The summed E-state index contributed by atoms with van der Waals surface area (Å²) in [6.45, 7) is 2.66. The van der Waals surface area contributed by atoms with Crippen molar-refractivity contribution in [1.82, 2.24) is 19.3 Å². The molecular formula is C21H28N4O4S. The number of aryl methyl sites for hydroxylation is 1. The molecule has 1 saturated carbocycles. The van der Waals surface area contributed by atoms with Crippen LogP contribution in [0.5, 0.6) is 0 Å². The van der Waals surface area contributed by atoms with Crippen LogP contribution in [-0.4, -0.2) is 53.3 Å². The van der Waals surface area contributed by atoms with Crippen molar-refractivity contribution in [3.63, 3.8) is 0 Å². The van der Waals surface area contributed by atoms with Crippen LogP contribution in [0.4, 0.5) is 0 Å². The van der Waals surface area contributed by atoms with Gasteiger partial charge in [0.2, 0.25) is 21.8 Å². The van der Waals surface area contributed by atoms with Crippen LogP contribution in [0, 0.1) is 12.8 Å². The normalized spacial score (nSPS) is 21.6. The summed E-state index contributed by atoms with van der Waals surface area (Å²) < 4.78 is 33.0. The van der Waals surface area contributed by atoms with Gasteiger partial charge in [-0.2, -0.15) is 9.29 Å². The number of carbonyl (C=O) groups is 1. The van der Waals surface area contributed by atoms with Crippen LogP contribution in [0.2, 0.25) is 0 Å². The maximum atomic E-state index is 13.3. The third-order valence-corrected chi connectivity index (χ3v) is 7.87. The largest absolute Gasteiger partial charge is 0.337 e. The first-order chi connectivity index (χ1) is 14.4. The Labute approximate surface area is 177 Å². The van der Waals surface area contributed by atoms with Crippen LogP contribution in [0.15, 0.2) is 34.9 Å². The number of carbonyl (C=O) groups excluding carboxylic acids is 1. The Morgan fingerprint density at radius 3 is 2.50 bits per heavy atom. The Balaban J connectivity index is 1.56. The van der Waals surface area contributed by atoms with Crippen LogP contribution in [-0.2, 0) is 20.6 Å². The van der Waals surface area contributed by atoms with Gasteiger partial charge in [0, 0.05) is 25.6 Å². The zero-order valence-electron chi connectivity index (χ0n) is 17.2. The fraction of sp³-hybridized carbons (Fsp3) is 0.571. The van der Waals surface area contributed by atoms with E-state index in [0.717, 1.165) is 31.2 Å². The van der Waals surface area contributed by atoms with Gasteiger partial charge in [-0.25, -0.2) is 8.42 Å². The van der Waals surface area contributed by atoms with E-state index in [4.69, 9.17) is 4.52 Å². The number of hydrogen-bond donors (Lipinski definition) is 0. The van der Waals surface area contributed by atoms with E-state index < -0.39 is 16.1 Å². The SMILES string of the molecule is Cc1noc(C2CCN(S(=O)(=O)Cc3ccccc3)CCN2C(=O)C2CCCC2)n1. The van der Waals surface area contributed by atoms with Crippen LogP contribution in [0.3, 0.4) is 0 Å². The molecule has 1 amide bonds. The molecule has 1 aliphatic heterocycles. The number of benzene rings is 1. The standard InChI is InChI=1S/C21H28N4O4S/c1-16-22-20(29-23-16)19-11-12-24(30(27,28)15-17-7-3-2-4-8-17)13-14-25(19)21(26)18-9-5-6-10-18/h2-4,7-8,18-19H,5-6,9-15H2,1H3. The molecule has 1 unspecified atom stereocenters. The van der Waals surface area contributed by atoms with Gasteiger partial charge in [-0.15, -0.1) is 0 Å². The Hall–Kier alpha value is -2.26. The molecular weight excluding hydrogens is 404 g/mol. The van der Waals surface area contributed by atoms with Gasteiger partial charge in [0.1, 0.15) is 6.04 Å². The lowest BCUT2D eigenvalue weighted by molar-refractivity contribution is -0.138. The highest BCUT2D eigenvalue weighted by atomic mass is 32.2. The van der Waals surface area contributed by atoms with Gasteiger partial charge in [0.05, 0.1) is 5.75 Å². The summed E-state index contributed by atoms with van der Waals surface area (Å²) in [7, 11) is -3.50. The number of sulfonamides is 1. The summed E-state index contributed by atoms with van der Waals surface area (Å²) in [6.07, 6.45) is 4.34. The predicted molar refractivity (Wildman–Crippen MR) is 111 cm³/mol. The third-order valence-electron chi connectivity index (χ3n) is 6.02. The zero-order chi connectivity index (χ0) is 21.1. The molecule has 0 radical (unpaired) electrons. The average Bonchev–Trinajstić information content (AvgIpc) is 3.35. The fourth-order valence-electron chi connectivity index (χ4n) is 4.44. The van der Waals surface area contributed by atoms with Gasteiger partial charge < -0.3 is 9.42 Å². The molecule has 0 N–H and O–H groups in total. The molecule has 8 nitrogen and oxygen atoms in total. The van der Waals surface area contributed by atoms with Crippen molar-refractivity contribution in [2.75, 3.05) is 19.6 Å². The topological polar surface area (TPSA) is 96.6 Å². The van der Waals surface area contributed by atoms with Crippen molar-refractivity contribution in [3.8, 4) is 0 Å². The highest BCUT2D eigenvalue weighted by molar-refractivity contribution is 7.88. The first-order valence-electron chi connectivity index (χ1n) is 10.6. The molecule has 2 fully saturated rings. The molecule has 162 valence electrons. The first-order valence-corrected chi connectivity index (χ1v) is 12.2. The molecule has 0 bridgehead atoms. The van der Waals surface area contributed by atoms with Crippen LogP contribution in [0.1, 0.15) is 55.4 Å². The number of rotatable bonds is 5. The zero-order valence-corrected chi connectivity index (χ0v) is 18.1. The number of hydrogen-bond acceptors (Lipinski definition) is 6. The Bertz CT molecular complexity index is 970. The maximum absolute atomic E-state index is 13.3. The first kappa shape index (κ1) is 21.0. The van der Waals surface area contributed by atoms with E-state index in [1.807, 2.05) is 30.3 Å². The molecule has 1 aromatic heterocycles. The average molecular weight is 433 g/mol. The molecule has 1 aliphatic carbocycles. The summed E-state index contributed by atoms with van der Waals surface area (Å²) in [4.78, 5) is 19.4. The molecule has 9 heteroatoms. The second-order valence-corrected chi connectivity index (χ2v) is 10.1. The third kappa shape index (κ3) is 4.57. The van der Waals surface area contributed by atoms with Crippen molar-refractivity contribution in [2.24, 2.45) is 5.92 Å². The number of nitrogens with zero attached hydrogens (tertiary/aromatic N) is 4. The van der Waals surface area contributed by atoms with Gasteiger partial charge in [0.15, 0.2) is 5.82 Å². The quantitative estimate of drug-likeness (QED) is 0.721. The van der Waals surface area contributed by atoms with E-state index in [1.54, 1.807) is 11.8 Å². The Morgan fingerprint density at radius 1 is 1.10 bits per heavy atom. The molecule has 2 aromatic rings. The number of aromatic nitrogens is 2. The summed E-state index contributed by atoms with van der Waals surface area (Å²) >= 11 is 0. The van der Waals surface area contributed by atoms with E-state index >= 15 is 0 Å². The minimum Gasteiger partial charge on any atom is -0.337 e. The Morgan fingerprint density at radius 2 is 1.83 bits per heavy atom. The molecule has 4 rings (SSSR count). The van der Waals surface area contributed by atoms with E-state index in [9.17, 15) is 13.2 Å². The maximum Gasteiger partial charge on any atom is 0.249 e. The molecule has 1 atom stereocenters. The summed E-state index contributed by atoms with van der Waals surface area (Å²) in [5, 5.41) is 3.88. The molecule has 2 heterocycles. The van der Waals surface area contributed by atoms with Gasteiger partial charge >= 0.3 is 0 Å². The van der Waals surface area contributed by atoms with Gasteiger partial charge in [-0.1, -0.05) is 48.3 Å². The van der Waals surface area contributed by atoms with Crippen LogP contribution >= 0.6 is 0 Å². The molecule has 2 aliphatic rings. The summed E-state index contributed by atoms with van der Waals surface area (Å²) in [5.74, 6) is 0.936. The van der Waals surface area contributed by atoms with E-state index in [0.29, 0.717) is 31.2 Å². The summed E-state index contributed by atoms with van der Waals surface area (Å²) in [5.41, 5.74) is 0.754. The fourth-order valence-corrected chi connectivity index (χ4v) is 5.98. The molecule has 30 heavy (non-hydrogen) atoms. The van der Waals surface area contributed by atoms with E-state index in [-0.39, 0.29) is 24.1 Å². The van der Waals surface area contributed by atoms with Crippen LogP contribution < -0.4 is 0 Å². The molecule has 0 spiro atoms. The lowest BCUT2D eigenvalue weighted by Gasteiger charge is -2.29. The summed E-state index contributed by atoms with van der Waals surface area (Å²) in [6, 6.07) is 8.78. The van der Waals surface area contributed by atoms with Crippen molar-refractivity contribution >= 4 is 15.9 Å². The minimum atomic E-state index is -3.50. The van der Waals surface area contributed by atoms with Crippen molar-refractivity contribution < 1.29 is 17.7 Å². The van der Waals surface area contributed by atoms with Crippen molar-refractivity contribution in [2.45, 2.75) is 50.8 Å².